The third-order valence-corrected chi connectivity index (χ3v) is 2.52. The predicted octanol–water partition coefficient (Wildman–Crippen LogP) is 2.18. The average molecular weight is 198 g/mol. The highest BCUT2D eigenvalue weighted by molar-refractivity contribution is 6.33. The molecule has 0 unspecified atom stereocenters. The molecule has 0 saturated carbocycles. The number of benzene rings is 1. The van der Waals surface area contributed by atoms with E-state index < -0.39 is 0 Å². The summed E-state index contributed by atoms with van der Waals surface area (Å²) >= 11 is 6.08. The molecule has 1 heterocycles. The molecule has 1 fully saturated rings. The molecule has 0 N–H and O–H groups in total. The zero-order valence-electron chi connectivity index (χ0n) is 7.37. The summed E-state index contributed by atoms with van der Waals surface area (Å²) in [5.41, 5.74) is 1.12. The maximum Gasteiger partial charge on any atom is 0.0642 e. The van der Waals surface area contributed by atoms with E-state index in [1.165, 1.54) is 0 Å². The van der Waals surface area contributed by atoms with Crippen molar-refractivity contribution in [2.24, 2.45) is 0 Å². The number of ether oxygens (including phenoxy) is 1. The van der Waals surface area contributed by atoms with Crippen LogP contribution in [0.3, 0.4) is 0 Å². The first-order valence-electron chi connectivity index (χ1n) is 4.45. The molecular weight excluding hydrogens is 186 g/mol. The molecule has 0 atom stereocenters. The standard InChI is InChI=1S/C10H12ClNO/c11-9-3-1-2-4-10(9)12-5-7-13-8-6-12/h1-4H,5-8H2. The molecule has 70 valence electrons. The van der Waals surface area contributed by atoms with Crippen LogP contribution in [0.2, 0.25) is 5.02 Å². The van der Waals surface area contributed by atoms with E-state index in [0.29, 0.717) is 0 Å². The lowest BCUT2D eigenvalue weighted by molar-refractivity contribution is 0.122. The minimum atomic E-state index is 0.797. The van der Waals surface area contributed by atoms with Crippen LogP contribution < -0.4 is 4.90 Å². The van der Waals surface area contributed by atoms with Gasteiger partial charge in [0, 0.05) is 13.1 Å². The number of para-hydroxylation sites is 1. The Bertz CT molecular complexity index is 284. The van der Waals surface area contributed by atoms with Crippen LogP contribution >= 0.6 is 11.6 Å². The van der Waals surface area contributed by atoms with Gasteiger partial charge in [-0.15, -0.1) is 0 Å². The Morgan fingerprint density at radius 2 is 1.85 bits per heavy atom. The maximum absolute atomic E-state index is 6.08. The Morgan fingerprint density at radius 3 is 2.54 bits per heavy atom. The van der Waals surface area contributed by atoms with E-state index >= 15 is 0 Å². The predicted molar refractivity (Wildman–Crippen MR) is 54.5 cm³/mol. The Labute approximate surface area is 83.1 Å². The molecule has 2 rings (SSSR count). The van der Waals surface area contributed by atoms with E-state index in [1.807, 2.05) is 24.3 Å². The summed E-state index contributed by atoms with van der Waals surface area (Å²) < 4.78 is 5.28. The van der Waals surface area contributed by atoms with E-state index in [9.17, 15) is 0 Å². The van der Waals surface area contributed by atoms with Gasteiger partial charge in [-0.05, 0) is 12.1 Å². The van der Waals surface area contributed by atoms with Crippen molar-refractivity contribution in [1.82, 2.24) is 0 Å². The summed E-state index contributed by atoms with van der Waals surface area (Å²) in [6, 6.07) is 7.93. The number of hydrogen-bond acceptors (Lipinski definition) is 2. The number of morpholine rings is 1. The minimum Gasteiger partial charge on any atom is -0.378 e. The van der Waals surface area contributed by atoms with Gasteiger partial charge in [0.2, 0.25) is 0 Å². The summed E-state index contributed by atoms with van der Waals surface area (Å²) in [5, 5.41) is 0.824. The topological polar surface area (TPSA) is 12.5 Å². The van der Waals surface area contributed by atoms with Gasteiger partial charge in [0.15, 0.2) is 0 Å². The molecule has 2 nitrogen and oxygen atoms in total. The fourth-order valence-corrected chi connectivity index (χ4v) is 1.77. The summed E-state index contributed by atoms with van der Waals surface area (Å²) in [6.45, 7) is 3.46. The van der Waals surface area contributed by atoms with E-state index in [-0.39, 0.29) is 0 Å². The van der Waals surface area contributed by atoms with Gasteiger partial charge in [0.1, 0.15) is 0 Å². The number of anilines is 1. The SMILES string of the molecule is Clc1ccccc1N1CCOCC1. The first kappa shape index (κ1) is 8.85. The molecule has 0 bridgehead atoms. The maximum atomic E-state index is 6.08. The number of halogens is 1. The van der Waals surface area contributed by atoms with Gasteiger partial charge < -0.3 is 9.64 Å². The molecule has 0 spiro atoms. The van der Waals surface area contributed by atoms with E-state index in [4.69, 9.17) is 16.3 Å². The van der Waals surface area contributed by atoms with Crippen molar-refractivity contribution >= 4 is 17.3 Å². The quantitative estimate of drug-likeness (QED) is 0.684. The second kappa shape index (κ2) is 3.99. The highest BCUT2D eigenvalue weighted by Gasteiger charge is 2.12. The van der Waals surface area contributed by atoms with Crippen molar-refractivity contribution in [3.63, 3.8) is 0 Å². The second-order valence-electron chi connectivity index (χ2n) is 3.05. The minimum absolute atomic E-state index is 0.797. The Kier molecular flexibility index (Phi) is 2.71. The van der Waals surface area contributed by atoms with Gasteiger partial charge in [-0.1, -0.05) is 23.7 Å². The zero-order chi connectivity index (χ0) is 9.10. The van der Waals surface area contributed by atoms with Crippen LogP contribution in [0.1, 0.15) is 0 Å². The zero-order valence-corrected chi connectivity index (χ0v) is 8.13. The van der Waals surface area contributed by atoms with Crippen LogP contribution in [-0.2, 0) is 4.74 Å². The van der Waals surface area contributed by atoms with Gasteiger partial charge in [-0.25, -0.2) is 0 Å². The molecule has 1 aromatic carbocycles. The lowest BCUT2D eigenvalue weighted by atomic mass is 10.2. The molecule has 1 saturated heterocycles. The largest absolute Gasteiger partial charge is 0.378 e. The van der Waals surface area contributed by atoms with Crippen LogP contribution in [-0.4, -0.2) is 26.3 Å². The molecule has 0 aromatic heterocycles. The fraction of sp³-hybridized carbons (Fsp3) is 0.400. The van der Waals surface area contributed by atoms with Gasteiger partial charge in [-0.3, -0.25) is 0 Å². The van der Waals surface area contributed by atoms with Crippen molar-refractivity contribution in [3.8, 4) is 0 Å². The van der Waals surface area contributed by atoms with E-state index in [1.54, 1.807) is 0 Å². The van der Waals surface area contributed by atoms with Crippen molar-refractivity contribution in [1.29, 1.82) is 0 Å². The molecule has 0 aliphatic carbocycles. The Hall–Kier alpha value is -0.730. The molecular formula is C10H12ClNO. The molecule has 0 amide bonds. The summed E-state index contributed by atoms with van der Waals surface area (Å²) in [5.74, 6) is 0. The lowest BCUT2D eigenvalue weighted by Gasteiger charge is -2.29. The van der Waals surface area contributed by atoms with Crippen LogP contribution in [0.5, 0.6) is 0 Å². The van der Waals surface area contributed by atoms with Gasteiger partial charge in [-0.2, -0.15) is 0 Å². The van der Waals surface area contributed by atoms with E-state index in [0.717, 1.165) is 37.0 Å². The number of nitrogens with zero attached hydrogens (tertiary/aromatic N) is 1. The molecule has 13 heavy (non-hydrogen) atoms. The fourth-order valence-electron chi connectivity index (χ4n) is 1.51. The smallest absolute Gasteiger partial charge is 0.0642 e. The van der Waals surface area contributed by atoms with Crippen molar-refractivity contribution < 1.29 is 4.74 Å². The first-order chi connectivity index (χ1) is 6.38. The summed E-state index contributed by atoms with van der Waals surface area (Å²) in [4.78, 5) is 2.26. The van der Waals surface area contributed by atoms with Crippen LogP contribution in [0.15, 0.2) is 24.3 Å². The Balaban J connectivity index is 2.18. The average Bonchev–Trinajstić information content (AvgIpc) is 2.20. The monoisotopic (exact) mass is 197 g/mol. The summed E-state index contributed by atoms with van der Waals surface area (Å²) in [6.07, 6.45) is 0. The molecule has 3 heteroatoms. The highest BCUT2D eigenvalue weighted by Crippen LogP contribution is 2.25. The molecule has 1 aliphatic heterocycles. The third kappa shape index (κ3) is 1.95. The summed E-state index contributed by atoms with van der Waals surface area (Å²) in [7, 11) is 0. The van der Waals surface area contributed by atoms with E-state index in [2.05, 4.69) is 4.90 Å². The van der Waals surface area contributed by atoms with Gasteiger partial charge in [0.05, 0.1) is 23.9 Å². The normalized spacial score (nSPS) is 17.5. The van der Waals surface area contributed by atoms with Crippen LogP contribution in [0.25, 0.3) is 0 Å². The van der Waals surface area contributed by atoms with Crippen LogP contribution in [0, 0.1) is 0 Å². The molecule has 1 aliphatic rings. The van der Waals surface area contributed by atoms with Gasteiger partial charge in [0.25, 0.3) is 0 Å². The second-order valence-corrected chi connectivity index (χ2v) is 3.46. The highest BCUT2D eigenvalue weighted by atomic mass is 35.5. The number of rotatable bonds is 1. The van der Waals surface area contributed by atoms with Crippen molar-refractivity contribution in [3.05, 3.63) is 29.3 Å². The first-order valence-corrected chi connectivity index (χ1v) is 4.83. The lowest BCUT2D eigenvalue weighted by Crippen LogP contribution is -2.36. The van der Waals surface area contributed by atoms with Crippen molar-refractivity contribution in [2.45, 2.75) is 0 Å². The van der Waals surface area contributed by atoms with Crippen LogP contribution in [0.4, 0.5) is 5.69 Å². The molecule has 0 radical (unpaired) electrons. The molecule has 1 aromatic rings. The Morgan fingerprint density at radius 1 is 1.15 bits per heavy atom. The van der Waals surface area contributed by atoms with Gasteiger partial charge >= 0.3 is 0 Å². The third-order valence-electron chi connectivity index (χ3n) is 2.20. The number of hydrogen-bond donors (Lipinski definition) is 0. The van der Waals surface area contributed by atoms with Crippen molar-refractivity contribution in [2.75, 3.05) is 31.2 Å².